The van der Waals surface area contributed by atoms with E-state index in [9.17, 15) is 0 Å². The van der Waals surface area contributed by atoms with Gasteiger partial charge in [0.25, 0.3) is 0 Å². The van der Waals surface area contributed by atoms with Gasteiger partial charge in [0.15, 0.2) is 0 Å². The molecule has 0 amide bonds. The van der Waals surface area contributed by atoms with Crippen molar-refractivity contribution in [1.82, 2.24) is 0 Å². The summed E-state index contributed by atoms with van der Waals surface area (Å²) >= 11 is 0. The first-order valence-electron chi connectivity index (χ1n) is 16.2. The molecule has 46 heavy (non-hydrogen) atoms. The standard InChI is InChI=1S/C46H24/c1-3-11-31-25(7-1)19-29-9-5-13-35-39-23-37-27(21-41(39)45(31)43(29)35)15-17-34-33(37)18-16-28-22-42-40(24-38(28)34)36-14-6-10-30-20-26-8-2-4-12-32(26)46(42)44(30)36/h1-24H. The van der Waals surface area contributed by atoms with Crippen LogP contribution < -0.4 is 0 Å². The van der Waals surface area contributed by atoms with E-state index in [-0.39, 0.29) is 0 Å². The minimum absolute atomic E-state index is 1.30. The van der Waals surface area contributed by atoms with E-state index in [0.29, 0.717) is 0 Å². The quantitative estimate of drug-likeness (QED) is 0.124. The van der Waals surface area contributed by atoms with Crippen LogP contribution in [0.5, 0.6) is 0 Å². The van der Waals surface area contributed by atoms with E-state index >= 15 is 0 Å². The summed E-state index contributed by atoms with van der Waals surface area (Å²) in [6.07, 6.45) is 0. The van der Waals surface area contributed by atoms with Crippen LogP contribution in [0.2, 0.25) is 0 Å². The van der Waals surface area contributed by atoms with Crippen molar-refractivity contribution in [3.63, 3.8) is 0 Å². The molecule has 0 aromatic heterocycles. The first-order chi connectivity index (χ1) is 22.8. The van der Waals surface area contributed by atoms with Crippen LogP contribution in [0.1, 0.15) is 0 Å². The van der Waals surface area contributed by atoms with Gasteiger partial charge in [-0.25, -0.2) is 0 Å². The first-order valence-corrected chi connectivity index (χ1v) is 16.2. The predicted molar refractivity (Wildman–Crippen MR) is 198 cm³/mol. The van der Waals surface area contributed by atoms with Gasteiger partial charge in [-0.3, -0.25) is 0 Å². The average molecular weight is 577 g/mol. The average Bonchev–Trinajstić information content (AvgIpc) is 3.61. The monoisotopic (exact) mass is 576 g/mol. The van der Waals surface area contributed by atoms with Gasteiger partial charge in [0.05, 0.1) is 0 Å². The van der Waals surface area contributed by atoms with E-state index in [1.54, 1.807) is 0 Å². The molecule has 12 rings (SSSR count). The summed E-state index contributed by atoms with van der Waals surface area (Å²) in [6, 6.07) is 55.2. The van der Waals surface area contributed by atoms with Gasteiger partial charge in [-0.2, -0.15) is 0 Å². The van der Waals surface area contributed by atoms with E-state index in [1.165, 1.54) is 120 Å². The van der Waals surface area contributed by atoms with Crippen LogP contribution in [0, 0.1) is 0 Å². The van der Waals surface area contributed by atoms with Crippen LogP contribution in [0.15, 0.2) is 146 Å². The summed E-state index contributed by atoms with van der Waals surface area (Å²) < 4.78 is 0. The molecule has 0 radical (unpaired) electrons. The maximum absolute atomic E-state index is 2.47. The van der Waals surface area contributed by atoms with E-state index in [0.717, 1.165) is 0 Å². The van der Waals surface area contributed by atoms with Gasteiger partial charge in [0.1, 0.15) is 0 Å². The minimum Gasteiger partial charge on any atom is -0.0616 e. The summed E-state index contributed by atoms with van der Waals surface area (Å²) in [5.74, 6) is 0. The second-order valence-corrected chi connectivity index (χ2v) is 13.2. The van der Waals surface area contributed by atoms with Crippen molar-refractivity contribution in [2.24, 2.45) is 0 Å². The van der Waals surface area contributed by atoms with E-state index in [4.69, 9.17) is 0 Å². The van der Waals surface area contributed by atoms with Crippen LogP contribution >= 0.6 is 0 Å². The molecule has 0 heteroatoms. The van der Waals surface area contributed by atoms with Crippen LogP contribution in [-0.2, 0) is 0 Å². The smallest absolute Gasteiger partial charge is 0.00141 e. The highest BCUT2D eigenvalue weighted by atomic mass is 14.3. The van der Waals surface area contributed by atoms with Gasteiger partial charge < -0.3 is 0 Å². The zero-order valence-corrected chi connectivity index (χ0v) is 24.9. The number of benzene rings is 10. The zero-order chi connectivity index (χ0) is 29.7. The predicted octanol–water partition coefficient (Wildman–Crippen LogP) is 13.1. The van der Waals surface area contributed by atoms with Crippen LogP contribution in [0.4, 0.5) is 0 Å². The summed E-state index contributed by atoms with van der Waals surface area (Å²) in [5, 5.41) is 18.6. The van der Waals surface area contributed by atoms with Crippen LogP contribution in [0.3, 0.4) is 0 Å². The minimum atomic E-state index is 1.30. The van der Waals surface area contributed by atoms with Gasteiger partial charge in [-0.1, -0.05) is 109 Å². The molecular formula is C46H24. The third-order valence-electron chi connectivity index (χ3n) is 11.0. The molecule has 10 aromatic carbocycles. The van der Waals surface area contributed by atoms with E-state index < -0.39 is 0 Å². The Bertz CT molecular complexity index is 2860. The summed E-state index contributed by atoms with van der Waals surface area (Å²) in [6.45, 7) is 0. The molecule has 2 aliphatic carbocycles. The van der Waals surface area contributed by atoms with Crippen molar-refractivity contribution in [1.29, 1.82) is 0 Å². The molecule has 0 fully saturated rings. The maximum atomic E-state index is 2.47. The third kappa shape index (κ3) is 2.74. The first kappa shape index (κ1) is 23.4. The molecule has 0 saturated heterocycles. The highest BCUT2D eigenvalue weighted by Crippen LogP contribution is 2.54. The third-order valence-corrected chi connectivity index (χ3v) is 11.0. The molecule has 10 aromatic rings. The second-order valence-electron chi connectivity index (χ2n) is 13.2. The number of rotatable bonds is 0. The molecule has 208 valence electrons. The normalized spacial score (nSPS) is 12.8. The summed E-state index contributed by atoms with van der Waals surface area (Å²) in [7, 11) is 0. The Labute approximate surface area is 264 Å². The highest BCUT2D eigenvalue weighted by Gasteiger charge is 2.26. The lowest BCUT2D eigenvalue weighted by Gasteiger charge is -2.13. The molecule has 0 unspecified atom stereocenters. The SMILES string of the molecule is c1ccc2c3c4c(cccc4cc2c1)-c1cc2c(ccc4c5cc6c(cc5ccc24)-c2c4ccccc4cc4cccc-6c24)cc1-3. The van der Waals surface area contributed by atoms with Crippen molar-refractivity contribution in [2.45, 2.75) is 0 Å². The Morgan fingerprint density at radius 1 is 0.217 bits per heavy atom. The molecule has 0 aliphatic heterocycles. The van der Waals surface area contributed by atoms with Gasteiger partial charge in [-0.05, 0) is 156 Å². The summed E-state index contributed by atoms with van der Waals surface area (Å²) in [4.78, 5) is 0. The molecule has 0 spiro atoms. The van der Waals surface area contributed by atoms with Gasteiger partial charge >= 0.3 is 0 Å². The molecule has 2 aliphatic rings. The lowest BCUT2D eigenvalue weighted by Crippen LogP contribution is -1.86. The van der Waals surface area contributed by atoms with E-state index in [1.807, 2.05) is 0 Å². The Morgan fingerprint density at radius 2 is 0.652 bits per heavy atom. The van der Waals surface area contributed by atoms with Gasteiger partial charge in [-0.15, -0.1) is 0 Å². The number of fused-ring (bicyclic) bond motifs is 15. The summed E-state index contributed by atoms with van der Waals surface area (Å²) in [5.41, 5.74) is 10.9. The Balaban J connectivity index is 1.15. The molecule has 0 saturated carbocycles. The van der Waals surface area contributed by atoms with Crippen molar-refractivity contribution < 1.29 is 0 Å². The van der Waals surface area contributed by atoms with Crippen molar-refractivity contribution in [3.05, 3.63) is 146 Å². The van der Waals surface area contributed by atoms with E-state index in [2.05, 4.69) is 146 Å². The Morgan fingerprint density at radius 3 is 1.15 bits per heavy atom. The van der Waals surface area contributed by atoms with Gasteiger partial charge in [0, 0.05) is 0 Å². The second kappa shape index (κ2) is 7.99. The lowest BCUT2D eigenvalue weighted by atomic mass is 9.90. The molecule has 0 nitrogen and oxygen atoms in total. The Hall–Kier alpha value is -5.98. The molecule has 0 N–H and O–H groups in total. The van der Waals surface area contributed by atoms with Gasteiger partial charge in [0.2, 0.25) is 0 Å². The van der Waals surface area contributed by atoms with Crippen LogP contribution in [0.25, 0.3) is 120 Å². The van der Waals surface area contributed by atoms with Crippen molar-refractivity contribution in [3.8, 4) is 44.5 Å². The fraction of sp³-hybridized carbons (Fsp3) is 0. The highest BCUT2D eigenvalue weighted by molar-refractivity contribution is 6.29. The number of hydrogen-bond donors (Lipinski definition) is 0. The molecular weight excluding hydrogens is 553 g/mol. The molecule has 0 bridgehead atoms. The largest absolute Gasteiger partial charge is 0.0616 e. The number of hydrogen-bond acceptors (Lipinski definition) is 0. The maximum Gasteiger partial charge on any atom is -0.00141 e. The zero-order valence-electron chi connectivity index (χ0n) is 24.9. The molecule has 0 atom stereocenters. The fourth-order valence-electron chi connectivity index (χ4n) is 9.08. The Kier molecular flexibility index (Phi) is 4.07. The lowest BCUT2D eigenvalue weighted by molar-refractivity contribution is 1.74. The van der Waals surface area contributed by atoms with Crippen LogP contribution in [-0.4, -0.2) is 0 Å². The fourth-order valence-corrected chi connectivity index (χ4v) is 9.08. The topological polar surface area (TPSA) is 0 Å². The molecule has 0 heterocycles. The van der Waals surface area contributed by atoms with Crippen molar-refractivity contribution >= 4 is 75.4 Å². The van der Waals surface area contributed by atoms with Crippen molar-refractivity contribution in [2.75, 3.05) is 0 Å².